The molecule has 2 aliphatic rings. The van der Waals surface area contributed by atoms with Crippen LogP contribution in [0.25, 0.3) is 0 Å². The summed E-state index contributed by atoms with van der Waals surface area (Å²) < 4.78 is 11.0. The van der Waals surface area contributed by atoms with Gasteiger partial charge < -0.3 is 25.9 Å². The molecule has 8 heteroatoms. The molecule has 0 spiro atoms. The minimum Gasteiger partial charge on any atom is -0.494 e. The Morgan fingerprint density at radius 1 is 1.28 bits per heavy atom. The molecule has 6 N–H and O–H groups in total. The van der Waals surface area contributed by atoms with E-state index in [1.807, 2.05) is 36.1 Å². The van der Waals surface area contributed by atoms with Crippen molar-refractivity contribution < 1.29 is 14.3 Å². The molecule has 29 heavy (non-hydrogen) atoms. The van der Waals surface area contributed by atoms with Crippen molar-refractivity contribution in [2.75, 3.05) is 26.3 Å². The lowest BCUT2D eigenvalue weighted by Crippen LogP contribution is -2.38. The Morgan fingerprint density at radius 3 is 2.66 bits per heavy atom. The van der Waals surface area contributed by atoms with E-state index >= 15 is 0 Å². The Balaban J connectivity index is 0.00000300. The first-order chi connectivity index (χ1) is 13.7. The molecule has 1 saturated carbocycles. The van der Waals surface area contributed by atoms with E-state index in [-0.39, 0.29) is 12.2 Å². The minimum absolute atomic E-state index is 0. The summed E-state index contributed by atoms with van der Waals surface area (Å²) in [6, 6.07) is 7.69. The first-order valence-electron chi connectivity index (χ1n) is 10.3. The Hall–Kier alpha value is -2.32. The van der Waals surface area contributed by atoms with Gasteiger partial charge in [-0.25, -0.2) is 15.6 Å². The van der Waals surface area contributed by atoms with Gasteiger partial charge in [-0.3, -0.25) is 0 Å². The molecular formula is C21H35N5O3. The molecular weight excluding hydrogens is 370 g/mol. The maximum atomic E-state index is 11.8. The summed E-state index contributed by atoms with van der Waals surface area (Å²) in [4.78, 5) is 17.7. The third-order valence-corrected chi connectivity index (χ3v) is 5.73. The predicted molar refractivity (Wildman–Crippen MR) is 115 cm³/mol. The number of carbonyl (C=O) groups excluding carboxylic acids is 1. The lowest BCUT2D eigenvalue weighted by Gasteiger charge is -2.31. The monoisotopic (exact) mass is 405 g/mol. The Labute approximate surface area is 173 Å². The van der Waals surface area contributed by atoms with Gasteiger partial charge in [0.05, 0.1) is 18.9 Å². The molecule has 1 aromatic carbocycles. The summed E-state index contributed by atoms with van der Waals surface area (Å²) in [6.07, 6.45) is 7.23. The van der Waals surface area contributed by atoms with Crippen LogP contribution in [-0.2, 0) is 4.74 Å². The number of carbonyl (C=O) groups is 1. The number of nitrogens with two attached hydrogens (primary N) is 1. The topological polar surface area (TPSA) is 124 Å². The van der Waals surface area contributed by atoms with Gasteiger partial charge in [0.2, 0.25) is 0 Å². The summed E-state index contributed by atoms with van der Waals surface area (Å²) in [5, 5.41) is 0. The van der Waals surface area contributed by atoms with Crippen molar-refractivity contribution in [2.24, 2.45) is 28.6 Å². The number of nitrogens with one attached hydrogen (secondary N) is 1. The molecule has 0 unspecified atom stereocenters. The van der Waals surface area contributed by atoms with Crippen molar-refractivity contribution >= 4 is 18.1 Å². The number of benzene rings is 1. The third-order valence-electron chi connectivity index (χ3n) is 5.73. The first-order valence-corrected chi connectivity index (χ1v) is 10.3. The van der Waals surface area contributed by atoms with E-state index in [2.05, 4.69) is 10.4 Å². The molecule has 2 atom stereocenters. The van der Waals surface area contributed by atoms with Gasteiger partial charge in [0.25, 0.3) is 0 Å². The first kappa shape index (κ1) is 23.0. The van der Waals surface area contributed by atoms with Gasteiger partial charge in [-0.05, 0) is 81.0 Å². The molecule has 8 nitrogen and oxygen atoms in total. The number of hydrogen-bond donors (Lipinski definition) is 3. The average Bonchev–Trinajstić information content (AvgIpc) is 3.45. The van der Waals surface area contributed by atoms with Crippen molar-refractivity contribution in [3.05, 3.63) is 24.3 Å². The SMILES string of the molecule is CCOC(=O)N1CCC(C[C@H]2C[C@H]2CCOc2ccc(N=CNN)cc2)CC1.N. The van der Waals surface area contributed by atoms with Crippen molar-refractivity contribution in [3.63, 3.8) is 0 Å². The van der Waals surface area contributed by atoms with Crippen LogP contribution >= 0.6 is 0 Å². The second-order valence-electron chi connectivity index (χ2n) is 7.68. The second kappa shape index (κ2) is 11.6. The maximum absolute atomic E-state index is 11.8. The molecule has 1 aromatic rings. The van der Waals surface area contributed by atoms with Crippen LogP contribution in [0.1, 0.15) is 39.0 Å². The zero-order chi connectivity index (χ0) is 19.8. The molecule has 162 valence electrons. The van der Waals surface area contributed by atoms with Crippen LogP contribution < -0.4 is 22.2 Å². The molecule has 1 saturated heterocycles. The van der Waals surface area contributed by atoms with Gasteiger partial charge in [0, 0.05) is 13.1 Å². The van der Waals surface area contributed by atoms with Crippen molar-refractivity contribution in [1.82, 2.24) is 16.5 Å². The van der Waals surface area contributed by atoms with Gasteiger partial charge in [0.1, 0.15) is 12.1 Å². The lowest BCUT2D eigenvalue weighted by molar-refractivity contribution is 0.0901. The van der Waals surface area contributed by atoms with Crippen molar-refractivity contribution in [3.8, 4) is 5.75 Å². The molecule has 1 aliphatic carbocycles. The summed E-state index contributed by atoms with van der Waals surface area (Å²) in [5.74, 6) is 8.42. The standard InChI is InChI=1S/C21H32N4O3.H3N/c1-2-27-21(26)25-10-7-16(8-11-25)13-18-14-17(18)9-12-28-20-5-3-19(4-6-20)23-15-24-22;/h3-6,15-18H,2,7-14,22H2,1H3,(H,23,24);1H3/t17-,18+;/m1./s1. The molecule has 1 heterocycles. The van der Waals surface area contributed by atoms with Crippen LogP contribution in [0.4, 0.5) is 10.5 Å². The summed E-state index contributed by atoms with van der Waals surface area (Å²) in [6.45, 7) is 4.74. The Bertz CT molecular complexity index is 644. The number of hydrogen-bond acceptors (Lipinski definition) is 6. The quantitative estimate of drug-likeness (QED) is 0.249. The van der Waals surface area contributed by atoms with Crippen LogP contribution in [0.2, 0.25) is 0 Å². The number of amides is 1. The van der Waals surface area contributed by atoms with Crippen LogP contribution in [-0.4, -0.2) is 43.6 Å². The van der Waals surface area contributed by atoms with Crippen LogP contribution in [0.15, 0.2) is 29.3 Å². The largest absolute Gasteiger partial charge is 0.494 e. The van der Waals surface area contributed by atoms with E-state index < -0.39 is 0 Å². The normalized spacial score (nSPS) is 21.5. The fourth-order valence-electron chi connectivity index (χ4n) is 4.02. The number of aliphatic imine (C=N–C) groups is 1. The average molecular weight is 406 g/mol. The minimum atomic E-state index is -0.154. The van der Waals surface area contributed by atoms with Gasteiger partial charge >= 0.3 is 6.09 Å². The third kappa shape index (κ3) is 7.21. The summed E-state index contributed by atoms with van der Waals surface area (Å²) >= 11 is 0. The predicted octanol–water partition coefficient (Wildman–Crippen LogP) is 3.64. The second-order valence-corrected chi connectivity index (χ2v) is 7.68. The molecule has 1 amide bonds. The van der Waals surface area contributed by atoms with Crippen LogP contribution in [0, 0.1) is 17.8 Å². The van der Waals surface area contributed by atoms with Gasteiger partial charge in [0.15, 0.2) is 0 Å². The van der Waals surface area contributed by atoms with Crippen LogP contribution in [0.5, 0.6) is 5.75 Å². The van der Waals surface area contributed by atoms with Gasteiger partial charge in [-0.1, -0.05) is 0 Å². The molecule has 0 aromatic heterocycles. The van der Waals surface area contributed by atoms with E-state index in [1.54, 1.807) is 0 Å². The smallest absolute Gasteiger partial charge is 0.409 e. The van der Waals surface area contributed by atoms with E-state index in [0.29, 0.717) is 6.61 Å². The molecule has 0 radical (unpaired) electrons. The molecule has 2 fully saturated rings. The van der Waals surface area contributed by atoms with Crippen molar-refractivity contribution in [1.29, 1.82) is 0 Å². The number of likely N-dealkylation sites (tertiary alicyclic amines) is 1. The highest BCUT2D eigenvalue weighted by atomic mass is 16.6. The number of ether oxygens (including phenoxy) is 2. The highest BCUT2D eigenvalue weighted by Crippen LogP contribution is 2.46. The number of rotatable bonds is 9. The Morgan fingerprint density at radius 2 is 2.00 bits per heavy atom. The van der Waals surface area contributed by atoms with E-state index in [9.17, 15) is 4.79 Å². The highest BCUT2D eigenvalue weighted by molar-refractivity contribution is 5.67. The maximum Gasteiger partial charge on any atom is 0.409 e. The number of piperidine rings is 1. The number of nitrogens with zero attached hydrogens (tertiary/aromatic N) is 2. The molecule has 1 aliphatic heterocycles. The fourth-order valence-corrected chi connectivity index (χ4v) is 4.02. The van der Waals surface area contributed by atoms with Crippen molar-refractivity contribution in [2.45, 2.75) is 39.0 Å². The van der Waals surface area contributed by atoms with Gasteiger partial charge in [-0.15, -0.1) is 0 Å². The zero-order valence-electron chi connectivity index (χ0n) is 17.4. The molecule has 0 bridgehead atoms. The summed E-state index contributed by atoms with van der Waals surface area (Å²) in [5.41, 5.74) is 3.22. The van der Waals surface area contributed by atoms with Crippen LogP contribution in [0.3, 0.4) is 0 Å². The Kier molecular flexibility index (Phi) is 9.21. The molecule has 3 rings (SSSR count). The highest BCUT2D eigenvalue weighted by Gasteiger charge is 2.38. The van der Waals surface area contributed by atoms with Gasteiger partial charge in [-0.2, -0.15) is 0 Å². The lowest BCUT2D eigenvalue weighted by atomic mass is 9.91. The van der Waals surface area contributed by atoms with E-state index in [4.69, 9.17) is 15.3 Å². The van der Waals surface area contributed by atoms with E-state index in [1.165, 1.54) is 19.2 Å². The fraction of sp³-hybridized carbons (Fsp3) is 0.619. The number of hydrazine groups is 1. The van der Waals surface area contributed by atoms with E-state index in [0.717, 1.165) is 68.1 Å². The summed E-state index contributed by atoms with van der Waals surface area (Å²) in [7, 11) is 0. The zero-order valence-corrected chi connectivity index (χ0v) is 17.4.